The average molecular weight is 386 g/mol. The molecule has 0 aliphatic carbocycles. The van der Waals surface area contributed by atoms with E-state index in [2.05, 4.69) is 0 Å². The molecule has 0 saturated carbocycles. The molecule has 4 atom stereocenters. The summed E-state index contributed by atoms with van der Waals surface area (Å²) in [7, 11) is 0. The van der Waals surface area contributed by atoms with Crippen LogP contribution in [0.25, 0.3) is 6.08 Å². The minimum atomic E-state index is -0.790. The topological polar surface area (TPSA) is 65.0 Å². The van der Waals surface area contributed by atoms with Gasteiger partial charge in [0.05, 0.1) is 11.7 Å². The van der Waals surface area contributed by atoms with E-state index in [9.17, 15) is 9.90 Å². The van der Waals surface area contributed by atoms with Gasteiger partial charge in [0.25, 0.3) is 0 Å². The quantitative estimate of drug-likeness (QED) is 0.537. The Hall–Kier alpha value is -1.95. The molecule has 1 unspecified atom stereocenters. The van der Waals surface area contributed by atoms with Crippen molar-refractivity contribution in [3.8, 4) is 0 Å². The van der Waals surface area contributed by atoms with Crippen molar-refractivity contribution in [3.63, 3.8) is 0 Å². The summed E-state index contributed by atoms with van der Waals surface area (Å²) < 4.78 is 17.6. The molecule has 28 heavy (non-hydrogen) atoms. The molecule has 1 fully saturated rings. The van der Waals surface area contributed by atoms with E-state index in [0.717, 1.165) is 16.7 Å². The van der Waals surface area contributed by atoms with Crippen molar-refractivity contribution in [2.75, 3.05) is 0 Å². The summed E-state index contributed by atoms with van der Waals surface area (Å²) in [5, 5.41) is 10.6. The first kappa shape index (κ1) is 20.8. The summed E-state index contributed by atoms with van der Waals surface area (Å²) in [5.74, 6) is -1.07. The minimum absolute atomic E-state index is 0.271. The molecule has 0 bridgehead atoms. The van der Waals surface area contributed by atoms with E-state index in [-0.39, 0.29) is 18.2 Å². The monoisotopic (exact) mass is 386 g/mol. The van der Waals surface area contributed by atoms with Gasteiger partial charge in [-0.25, -0.2) is 4.79 Å². The number of fused-ring (bicyclic) bond motifs is 2. The van der Waals surface area contributed by atoms with Crippen molar-refractivity contribution in [1.29, 1.82) is 0 Å². The molecular weight excluding hydrogens is 356 g/mol. The second kappa shape index (κ2) is 8.19. The fourth-order valence-corrected chi connectivity index (χ4v) is 3.78. The van der Waals surface area contributed by atoms with Crippen LogP contribution in [0.5, 0.6) is 0 Å². The highest BCUT2D eigenvalue weighted by atomic mass is 16.8. The highest BCUT2D eigenvalue weighted by molar-refractivity contribution is 5.96. The van der Waals surface area contributed by atoms with Crippen molar-refractivity contribution in [2.24, 2.45) is 0 Å². The van der Waals surface area contributed by atoms with Gasteiger partial charge in [0.1, 0.15) is 18.3 Å². The van der Waals surface area contributed by atoms with Crippen molar-refractivity contribution < 1.29 is 24.1 Å². The molecule has 152 valence electrons. The molecule has 0 aromatic heterocycles. The van der Waals surface area contributed by atoms with Gasteiger partial charge >= 0.3 is 5.97 Å². The first-order valence-corrected chi connectivity index (χ1v) is 9.86. The molecule has 1 aromatic rings. The third-order valence-electron chi connectivity index (χ3n) is 5.20. The molecular formula is C23H30O5. The lowest BCUT2D eigenvalue weighted by molar-refractivity contribution is -0.152. The summed E-state index contributed by atoms with van der Waals surface area (Å²) in [5.41, 5.74) is 3.36. The first-order chi connectivity index (χ1) is 13.2. The number of carbonyl (C=O) groups is 1. The Morgan fingerprint density at radius 2 is 1.79 bits per heavy atom. The van der Waals surface area contributed by atoms with Gasteiger partial charge in [-0.05, 0) is 57.7 Å². The maximum Gasteiger partial charge on any atom is 0.339 e. The fourth-order valence-electron chi connectivity index (χ4n) is 3.78. The Bertz CT molecular complexity index is 792. The first-order valence-electron chi connectivity index (χ1n) is 9.86. The number of carbonyl (C=O) groups excluding carboxylic acids is 1. The lowest BCUT2D eigenvalue weighted by atomic mass is 9.95. The zero-order valence-corrected chi connectivity index (χ0v) is 17.3. The largest absolute Gasteiger partial charge is 0.459 e. The van der Waals surface area contributed by atoms with Crippen LogP contribution in [0.2, 0.25) is 0 Å². The number of aliphatic hydroxyl groups excluding tert-OH is 1. The SMILES string of the molecule is Cc1ccc(C)c2c1/C=C/C[C@@H]1OC(C)(C)O[C@@H]1C(O)/C=C\C[C@H](C)OC2=O. The Labute approximate surface area is 167 Å². The number of cyclic esters (lactones) is 1. The van der Waals surface area contributed by atoms with E-state index in [1.165, 1.54) is 0 Å². The summed E-state index contributed by atoms with van der Waals surface area (Å²) in [6.45, 7) is 9.46. The number of hydrogen-bond acceptors (Lipinski definition) is 5. The van der Waals surface area contributed by atoms with Crippen LogP contribution in [0.4, 0.5) is 0 Å². The van der Waals surface area contributed by atoms with E-state index in [1.54, 1.807) is 6.08 Å². The molecule has 0 radical (unpaired) electrons. The molecule has 1 N–H and O–H groups in total. The van der Waals surface area contributed by atoms with Crippen molar-refractivity contribution in [3.05, 3.63) is 52.6 Å². The van der Waals surface area contributed by atoms with Crippen LogP contribution < -0.4 is 0 Å². The summed E-state index contributed by atoms with van der Waals surface area (Å²) in [6.07, 6.45) is 6.73. The van der Waals surface area contributed by atoms with Gasteiger partial charge in [0.15, 0.2) is 5.79 Å². The zero-order valence-electron chi connectivity index (χ0n) is 17.3. The predicted octanol–water partition coefficient (Wildman–Crippen LogP) is 4.09. The van der Waals surface area contributed by atoms with Gasteiger partial charge in [0.2, 0.25) is 0 Å². The molecule has 5 heteroatoms. The van der Waals surface area contributed by atoms with Gasteiger partial charge in [-0.1, -0.05) is 36.4 Å². The normalized spacial score (nSPS) is 32.6. The highest BCUT2D eigenvalue weighted by Crippen LogP contribution is 2.33. The van der Waals surface area contributed by atoms with Gasteiger partial charge in [-0.2, -0.15) is 0 Å². The van der Waals surface area contributed by atoms with Crippen LogP contribution in [-0.2, 0) is 14.2 Å². The molecule has 2 aliphatic heterocycles. The minimum Gasteiger partial charge on any atom is -0.459 e. The van der Waals surface area contributed by atoms with Crippen molar-refractivity contribution in [2.45, 2.75) is 77.7 Å². The molecule has 0 spiro atoms. The van der Waals surface area contributed by atoms with Gasteiger partial charge in [-0.15, -0.1) is 0 Å². The van der Waals surface area contributed by atoms with Gasteiger partial charge < -0.3 is 19.3 Å². The molecule has 2 heterocycles. The third-order valence-corrected chi connectivity index (χ3v) is 5.20. The number of aryl methyl sites for hydroxylation is 2. The number of hydrogen-bond donors (Lipinski definition) is 1. The number of esters is 1. The number of aliphatic hydroxyl groups is 1. The van der Waals surface area contributed by atoms with E-state index in [0.29, 0.717) is 18.4 Å². The summed E-state index contributed by atoms with van der Waals surface area (Å²) >= 11 is 0. The van der Waals surface area contributed by atoms with Crippen molar-refractivity contribution >= 4 is 12.0 Å². The van der Waals surface area contributed by atoms with E-state index < -0.39 is 18.0 Å². The molecule has 3 rings (SSSR count). The zero-order chi connectivity index (χ0) is 20.5. The van der Waals surface area contributed by atoms with Crippen LogP contribution in [0.1, 0.15) is 60.7 Å². The maximum atomic E-state index is 12.8. The van der Waals surface area contributed by atoms with E-state index >= 15 is 0 Å². The molecule has 2 aliphatic rings. The Morgan fingerprint density at radius 3 is 2.54 bits per heavy atom. The molecule has 5 nitrogen and oxygen atoms in total. The second-order valence-electron chi connectivity index (χ2n) is 8.14. The van der Waals surface area contributed by atoms with Gasteiger partial charge in [0, 0.05) is 6.42 Å². The second-order valence-corrected chi connectivity index (χ2v) is 8.14. The molecule has 1 aromatic carbocycles. The lowest BCUT2D eigenvalue weighted by Crippen LogP contribution is -2.34. The highest BCUT2D eigenvalue weighted by Gasteiger charge is 2.43. The molecule has 1 saturated heterocycles. The smallest absolute Gasteiger partial charge is 0.339 e. The lowest BCUT2D eigenvalue weighted by Gasteiger charge is -2.20. The summed E-state index contributed by atoms with van der Waals surface area (Å²) in [4.78, 5) is 12.8. The van der Waals surface area contributed by atoms with Crippen LogP contribution in [0.15, 0.2) is 30.4 Å². The number of rotatable bonds is 0. The van der Waals surface area contributed by atoms with E-state index in [1.807, 2.05) is 65.0 Å². The van der Waals surface area contributed by atoms with E-state index in [4.69, 9.17) is 14.2 Å². The van der Waals surface area contributed by atoms with Crippen molar-refractivity contribution in [1.82, 2.24) is 0 Å². The molecule has 0 amide bonds. The maximum absolute atomic E-state index is 12.8. The number of ether oxygens (including phenoxy) is 3. The standard InChI is InChI=1S/C23H30O5/c1-14-12-13-15(2)20-17(14)9-7-11-19-21(28-23(4,5)27-19)18(24)10-6-8-16(3)26-22(20)25/h6-7,9-10,12-13,16,18-19,21,24H,8,11H2,1-5H3/b9-7+,10-6-/t16-,18?,19-,21+/m0/s1. The summed E-state index contributed by atoms with van der Waals surface area (Å²) in [6, 6.07) is 3.95. The van der Waals surface area contributed by atoms with Crippen LogP contribution in [0.3, 0.4) is 0 Å². The Balaban J connectivity index is 1.99. The van der Waals surface area contributed by atoms with Crippen LogP contribution >= 0.6 is 0 Å². The van der Waals surface area contributed by atoms with Crippen LogP contribution in [-0.4, -0.2) is 41.3 Å². The average Bonchev–Trinajstić information content (AvgIpc) is 2.91. The Morgan fingerprint density at radius 1 is 1.07 bits per heavy atom. The predicted molar refractivity (Wildman–Crippen MR) is 108 cm³/mol. The number of benzene rings is 1. The fraction of sp³-hybridized carbons (Fsp3) is 0.522. The van der Waals surface area contributed by atoms with Crippen LogP contribution in [0, 0.1) is 13.8 Å². The Kier molecular flexibility index (Phi) is 6.08. The van der Waals surface area contributed by atoms with Gasteiger partial charge in [-0.3, -0.25) is 0 Å². The third kappa shape index (κ3) is 4.54.